The number of ketones is 1. The summed E-state index contributed by atoms with van der Waals surface area (Å²) in [4.78, 5) is 57.2. The van der Waals surface area contributed by atoms with Crippen LogP contribution in [-0.2, 0) is 14.4 Å². The fourth-order valence-electron chi connectivity index (χ4n) is 5.76. The lowest BCUT2D eigenvalue weighted by molar-refractivity contribution is -0.459. The molecular formula is C31H40FN6O4+. The van der Waals surface area contributed by atoms with Crippen LogP contribution in [0.4, 0.5) is 4.39 Å². The average Bonchev–Trinajstić information content (AvgIpc) is 3.61. The van der Waals surface area contributed by atoms with Gasteiger partial charge in [-0.15, -0.1) is 0 Å². The number of rotatable bonds is 13. The summed E-state index contributed by atoms with van der Waals surface area (Å²) in [6.45, 7) is 3.18. The van der Waals surface area contributed by atoms with Crippen LogP contribution in [0.2, 0.25) is 0 Å². The molecule has 1 aliphatic carbocycles. The Morgan fingerprint density at radius 2 is 1.69 bits per heavy atom. The number of amides is 3. The number of alkyl halides is 1. The van der Waals surface area contributed by atoms with Crippen molar-refractivity contribution in [3.63, 3.8) is 0 Å². The number of carbonyl (C=O) groups is 4. The number of nitrogens with zero attached hydrogens (tertiary/aromatic N) is 1. The monoisotopic (exact) mass is 579 g/mol. The van der Waals surface area contributed by atoms with Gasteiger partial charge in [0.15, 0.2) is 5.78 Å². The summed E-state index contributed by atoms with van der Waals surface area (Å²) in [7, 11) is 0. The maximum atomic E-state index is 13.9. The molecule has 11 heteroatoms. The summed E-state index contributed by atoms with van der Waals surface area (Å²) >= 11 is 0. The molecule has 0 spiro atoms. The van der Waals surface area contributed by atoms with Gasteiger partial charge in [-0.2, -0.15) is 0 Å². The molecule has 1 heterocycles. The molecule has 1 saturated carbocycles. The largest absolute Gasteiger partial charge is 0.344 e. The Labute approximate surface area is 245 Å². The van der Waals surface area contributed by atoms with E-state index in [4.69, 9.17) is 11.5 Å². The topological polar surface area (TPSA) is 162 Å². The van der Waals surface area contributed by atoms with Gasteiger partial charge in [-0.1, -0.05) is 56.3 Å². The average molecular weight is 580 g/mol. The third kappa shape index (κ3) is 6.61. The van der Waals surface area contributed by atoms with Gasteiger partial charge in [-0.3, -0.25) is 35.6 Å². The molecule has 0 bridgehead atoms. The van der Waals surface area contributed by atoms with Crippen LogP contribution in [0.1, 0.15) is 49.9 Å². The maximum Gasteiger partial charge on any atom is 0.338 e. The Hall–Kier alpha value is -4.28. The van der Waals surface area contributed by atoms with E-state index in [1.807, 2.05) is 56.3 Å². The molecule has 1 unspecified atom stereocenters. The summed E-state index contributed by atoms with van der Waals surface area (Å²) in [5.41, 5.74) is 12.1. The molecule has 7 N–H and O–H groups in total. The van der Waals surface area contributed by atoms with Crippen LogP contribution in [0.25, 0.3) is 11.1 Å². The fraction of sp³-hybridized carbons (Fsp3) is 0.452. The maximum absolute atomic E-state index is 13.9. The number of nitrogens with two attached hydrogens (primary N) is 2. The number of nitrogens with one attached hydrogen (secondary N) is 3. The van der Waals surface area contributed by atoms with Crippen molar-refractivity contribution in [1.29, 1.82) is 0 Å². The number of Topliss-reactive ketones (excluding diaryl/α,β-unsaturated/α-hetero) is 1. The highest BCUT2D eigenvalue weighted by Crippen LogP contribution is 2.56. The first-order valence-electron chi connectivity index (χ1n) is 14.4. The smallest absolute Gasteiger partial charge is 0.338 e. The van der Waals surface area contributed by atoms with Gasteiger partial charge in [-0.05, 0) is 60.8 Å². The third-order valence-electron chi connectivity index (χ3n) is 8.21. The quantitative estimate of drug-likeness (QED) is 0.130. The number of likely N-dealkylation sites (tertiary alicyclic amines) is 1. The first-order valence-corrected chi connectivity index (χ1v) is 14.4. The van der Waals surface area contributed by atoms with Crippen LogP contribution in [0, 0.1) is 11.8 Å². The molecule has 4 rings (SSSR count). The minimum atomic E-state index is -1.21. The SMILES string of the molecule is CC(C)[C@H](NC(=O)c1ccc(-c2ccccc2)cc1)C(=O)N1CCC2C[C@@]21C(=O)N[C@@H](CCC[NH+]=C(N)N)C(=O)CF. The molecule has 2 aromatic rings. The van der Waals surface area contributed by atoms with Gasteiger partial charge in [0.1, 0.15) is 18.3 Å². The Morgan fingerprint density at radius 3 is 2.29 bits per heavy atom. The van der Waals surface area contributed by atoms with E-state index in [0.29, 0.717) is 37.9 Å². The number of halogens is 1. The Balaban J connectivity index is 1.44. The van der Waals surface area contributed by atoms with Crippen molar-refractivity contribution in [2.75, 3.05) is 19.8 Å². The molecular weight excluding hydrogens is 539 g/mol. The highest BCUT2D eigenvalue weighted by Gasteiger charge is 2.69. The van der Waals surface area contributed by atoms with Gasteiger partial charge in [0.25, 0.3) is 5.91 Å². The lowest BCUT2D eigenvalue weighted by Crippen LogP contribution is -2.78. The number of carbonyl (C=O) groups excluding carboxylic acids is 4. The van der Waals surface area contributed by atoms with Crippen molar-refractivity contribution in [1.82, 2.24) is 15.5 Å². The molecule has 42 heavy (non-hydrogen) atoms. The molecule has 4 atom stereocenters. The van der Waals surface area contributed by atoms with E-state index >= 15 is 0 Å². The van der Waals surface area contributed by atoms with E-state index in [2.05, 4.69) is 15.6 Å². The van der Waals surface area contributed by atoms with Gasteiger partial charge < -0.3 is 15.5 Å². The van der Waals surface area contributed by atoms with Crippen LogP contribution in [0.15, 0.2) is 54.6 Å². The zero-order valence-electron chi connectivity index (χ0n) is 24.1. The normalized spacial score (nSPS) is 20.3. The molecule has 2 aromatic carbocycles. The van der Waals surface area contributed by atoms with E-state index < -0.39 is 36.0 Å². The van der Waals surface area contributed by atoms with Crippen molar-refractivity contribution >= 4 is 29.5 Å². The Kier molecular flexibility index (Phi) is 9.59. The second-order valence-electron chi connectivity index (χ2n) is 11.4. The molecule has 1 saturated heterocycles. The number of hydrogen-bond donors (Lipinski definition) is 5. The molecule has 3 amide bonds. The Morgan fingerprint density at radius 1 is 1.02 bits per heavy atom. The van der Waals surface area contributed by atoms with Crippen molar-refractivity contribution in [3.05, 3.63) is 60.2 Å². The van der Waals surface area contributed by atoms with Crippen LogP contribution >= 0.6 is 0 Å². The van der Waals surface area contributed by atoms with Crippen molar-refractivity contribution in [2.45, 2.75) is 57.2 Å². The predicted molar refractivity (Wildman–Crippen MR) is 156 cm³/mol. The Bertz CT molecular complexity index is 1330. The molecule has 224 valence electrons. The van der Waals surface area contributed by atoms with Gasteiger partial charge in [0.2, 0.25) is 11.8 Å². The minimum Gasteiger partial charge on any atom is -0.344 e. The first kappa shape index (κ1) is 30.7. The minimum absolute atomic E-state index is 0.0308. The molecule has 2 aliphatic rings. The zero-order valence-corrected chi connectivity index (χ0v) is 24.1. The third-order valence-corrected chi connectivity index (χ3v) is 8.21. The highest BCUT2D eigenvalue weighted by molar-refractivity contribution is 6.02. The van der Waals surface area contributed by atoms with Gasteiger partial charge >= 0.3 is 5.96 Å². The van der Waals surface area contributed by atoms with E-state index in [-0.39, 0.29) is 36.0 Å². The first-order chi connectivity index (χ1) is 20.1. The predicted octanol–water partition coefficient (Wildman–Crippen LogP) is 0.257. The standard InChI is InChI=1S/C31H39FN6O4/c1-19(2)26(37-27(40)22-12-10-21(11-13-22)20-7-4-3-5-8-20)28(41)38-16-14-23-17-31(23,38)29(42)36-24(25(39)18-32)9-6-15-35-30(33)34/h3-5,7-8,10-13,19,23-24,26H,6,9,14-18H2,1-2H3,(H,36,42)(H,37,40)(H4,33,34,35)/p+1/t23?,24-,26-,31-/m0/s1. The summed E-state index contributed by atoms with van der Waals surface area (Å²) in [5.74, 6) is -2.20. The highest BCUT2D eigenvalue weighted by atomic mass is 19.1. The number of fused-ring (bicyclic) bond motifs is 1. The van der Waals surface area contributed by atoms with E-state index in [1.54, 1.807) is 17.0 Å². The van der Waals surface area contributed by atoms with Crippen molar-refractivity contribution in [3.8, 4) is 11.1 Å². The molecule has 1 aliphatic heterocycles. The second kappa shape index (κ2) is 13.1. The van der Waals surface area contributed by atoms with Gasteiger partial charge in [0.05, 0.1) is 12.6 Å². The number of hydrogen-bond acceptors (Lipinski definition) is 4. The van der Waals surface area contributed by atoms with Crippen LogP contribution < -0.4 is 27.1 Å². The fourth-order valence-corrected chi connectivity index (χ4v) is 5.76. The number of piperidine rings is 1. The van der Waals surface area contributed by atoms with E-state index in [0.717, 1.165) is 11.1 Å². The van der Waals surface area contributed by atoms with Crippen LogP contribution in [0.3, 0.4) is 0 Å². The second-order valence-corrected chi connectivity index (χ2v) is 11.4. The number of benzene rings is 2. The summed E-state index contributed by atoms with van der Waals surface area (Å²) in [6.07, 6.45) is 1.70. The van der Waals surface area contributed by atoms with E-state index in [9.17, 15) is 23.6 Å². The molecule has 0 aromatic heterocycles. The zero-order chi connectivity index (χ0) is 30.4. The summed E-state index contributed by atoms with van der Waals surface area (Å²) in [5, 5.41) is 5.59. The van der Waals surface area contributed by atoms with Crippen molar-refractivity contribution in [2.24, 2.45) is 23.3 Å². The number of guanidine groups is 1. The lowest BCUT2D eigenvalue weighted by Gasteiger charge is -2.33. The summed E-state index contributed by atoms with van der Waals surface area (Å²) < 4.78 is 13.3. The van der Waals surface area contributed by atoms with Crippen LogP contribution in [0.5, 0.6) is 0 Å². The molecule has 10 nitrogen and oxygen atoms in total. The van der Waals surface area contributed by atoms with Crippen LogP contribution in [-0.4, -0.2) is 71.8 Å². The summed E-state index contributed by atoms with van der Waals surface area (Å²) in [6, 6.07) is 15.1. The van der Waals surface area contributed by atoms with Gasteiger partial charge in [0, 0.05) is 12.1 Å². The molecule has 0 radical (unpaired) electrons. The lowest BCUT2D eigenvalue weighted by atomic mass is 10.00. The molecule has 2 fully saturated rings. The van der Waals surface area contributed by atoms with Crippen molar-refractivity contribution < 1.29 is 28.6 Å². The van der Waals surface area contributed by atoms with E-state index in [1.165, 1.54) is 0 Å². The van der Waals surface area contributed by atoms with Gasteiger partial charge in [-0.25, -0.2) is 4.39 Å².